The van der Waals surface area contributed by atoms with E-state index in [0.717, 1.165) is 27.9 Å². The van der Waals surface area contributed by atoms with Gasteiger partial charge in [0.05, 0.1) is 6.20 Å². The summed E-state index contributed by atoms with van der Waals surface area (Å²) in [5, 5.41) is 6.95. The number of likely N-dealkylation sites (N-methyl/N-ethyl adjacent to an activating group) is 1. The summed E-state index contributed by atoms with van der Waals surface area (Å²) in [6, 6.07) is 9.70. The maximum atomic E-state index is 13.6. The summed E-state index contributed by atoms with van der Waals surface area (Å²) in [5.74, 6) is 1.97. The number of hydrogen-bond donors (Lipinski definition) is 1. The highest BCUT2D eigenvalue weighted by molar-refractivity contribution is 6.13. The van der Waals surface area contributed by atoms with E-state index in [1.165, 1.54) is 0 Å². The maximum absolute atomic E-state index is 13.6. The van der Waals surface area contributed by atoms with Gasteiger partial charge in [-0.3, -0.25) is 9.89 Å². The Balaban J connectivity index is 1.65. The number of H-pyrrole nitrogens is 1. The van der Waals surface area contributed by atoms with Crippen molar-refractivity contribution >= 4 is 11.6 Å². The third-order valence-electron chi connectivity index (χ3n) is 5.86. The van der Waals surface area contributed by atoms with Gasteiger partial charge in [-0.05, 0) is 17.7 Å². The molecule has 7 heteroatoms. The second kappa shape index (κ2) is 5.28. The van der Waals surface area contributed by atoms with E-state index in [4.69, 9.17) is 14.2 Å². The lowest BCUT2D eigenvalue weighted by atomic mass is 9.74. The van der Waals surface area contributed by atoms with Crippen molar-refractivity contribution in [2.45, 2.75) is 5.41 Å². The van der Waals surface area contributed by atoms with Gasteiger partial charge in [0, 0.05) is 41.7 Å². The topological polar surface area (TPSA) is 76.7 Å². The fourth-order valence-corrected chi connectivity index (χ4v) is 4.58. The molecule has 1 unspecified atom stereocenters. The van der Waals surface area contributed by atoms with Gasteiger partial charge in [-0.25, -0.2) is 0 Å². The molecule has 0 fully saturated rings. The van der Waals surface area contributed by atoms with Crippen LogP contribution in [0.25, 0.3) is 11.1 Å². The molecule has 0 aliphatic carbocycles. The van der Waals surface area contributed by atoms with Crippen LogP contribution < -0.4 is 19.1 Å². The second-order valence-corrected chi connectivity index (χ2v) is 7.24. The van der Waals surface area contributed by atoms with Crippen LogP contribution in [0.15, 0.2) is 42.7 Å². The van der Waals surface area contributed by atoms with E-state index in [9.17, 15) is 4.79 Å². The molecule has 3 aromatic rings. The number of anilines is 1. The highest BCUT2D eigenvalue weighted by Gasteiger charge is 2.57. The van der Waals surface area contributed by atoms with Gasteiger partial charge in [0.15, 0.2) is 11.5 Å². The standard InChI is InChI=1S/C21H17N3O4/c1-24-15-4-2-3-13(12-9-22-23-10-12)19(15)21(20(24)25)11-28-16-8-18-17(7-14(16)21)26-5-6-27-18/h2-4,7-10H,5-6,11H2,1H3,(H,22,23). The number of aromatic nitrogens is 2. The number of nitrogens with one attached hydrogen (secondary N) is 1. The van der Waals surface area contributed by atoms with E-state index < -0.39 is 5.41 Å². The molecule has 140 valence electrons. The molecule has 0 bridgehead atoms. The van der Waals surface area contributed by atoms with Gasteiger partial charge in [0.25, 0.3) is 0 Å². The molecule has 1 aromatic heterocycles. The number of carbonyl (C=O) groups excluding carboxylic acids is 1. The van der Waals surface area contributed by atoms with Gasteiger partial charge < -0.3 is 19.1 Å². The van der Waals surface area contributed by atoms with Crippen molar-refractivity contribution < 1.29 is 19.0 Å². The highest BCUT2D eigenvalue weighted by Crippen LogP contribution is 2.56. The Hall–Kier alpha value is -3.48. The smallest absolute Gasteiger partial charge is 0.245 e. The Morgan fingerprint density at radius 3 is 2.71 bits per heavy atom. The van der Waals surface area contributed by atoms with Crippen LogP contribution >= 0.6 is 0 Å². The number of hydrogen-bond acceptors (Lipinski definition) is 5. The molecule has 28 heavy (non-hydrogen) atoms. The van der Waals surface area contributed by atoms with Crippen LogP contribution in [-0.2, 0) is 10.2 Å². The number of carbonyl (C=O) groups is 1. The molecule has 1 spiro atoms. The summed E-state index contributed by atoms with van der Waals surface area (Å²) in [6.45, 7) is 1.24. The molecule has 3 aliphatic rings. The van der Waals surface area contributed by atoms with Gasteiger partial charge in [-0.1, -0.05) is 12.1 Å². The summed E-state index contributed by atoms with van der Waals surface area (Å²) in [5.41, 5.74) is 3.64. The predicted molar refractivity (Wildman–Crippen MR) is 101 cm³/mol. The minimum absolute atomic E-state index is 0.00567. The molecule has 1 N–H and O–H groups in total. The van der Waals surface area contributed by atoms with Crippen LogP contribution in [0.2, 0.25) is 0 Å². The van der Waals surface area contributed by atoms with Crippen LogP contribution in [0.5, 0.6) is 17.2 Å². The minimum Gasteiger partial charge on any atom is -0.491 e. The zero-order valence-electron chi connectivity index (χ0n) is 15.2. The van der Waals surface area contributed by atoms with Gasteiger partial charge in [0.2, 0.25) is 5.91 Å². The number of ether oxygens (including phenoxy) is 3. The number of amides is 1. The first kappa shape index (κ1) is 15.6. The van der Waals surface area contributed by atoms with Crippen LogP contribution in [0, 0.1) is 0 Å². The van der Waals surface area contributed by atoms with Crippen LogP contribution in [0.3, 0.4) is 0 Å². The van der Waals surface area contributed by atoms with E-state index in [0.29, 0.717) is 30.5 Å². The first-order valence-electron chi connectivity index (χ1n) is 9.18. The fraction of sp³-hybridized carbons (Fsp3) is 0.238. The van der Waals surface area contributed by atoms with Crippen LogP contribution in [0.4, 0.5) is 5.69 Å². The molecule has 2 aromatic carbocycles. The van der Waals surface area contributed by atoms with E-state index in [-0.39, 0.29) is 12.5 Å². The lowest BCUT2D eigenvalue weighted by Gasteiger charge is -2.25. The Morgan fingerprint density at radius 1 is 1.11 bits per heavy atom. The third kappa shape index (κ3) is 1.78. The van der Waals surface area contributed by atoms with Crippen LogP contribution in [0.1, 0.15) is 11.1 Å². The Bertz CT molecular complexity index is 1120. The van der Waals surface area contributed by atoms with Crippen molar-refractivity contribution in [3.05, 3.63) is 53.9 Å². The van der Waals surface area contributed by atoms with Gasteiger partial charge in [-0.2, -0.15) is 5.10 Å². The van der Waals surface area contributed by atoms with E-state index in [1.54, 1.807) is 11.1 Å². The van der Waals surface area contributed by atoms with Crippen molar-refractivity contribution in [2.75, 3.05) is 31.8 Å². The molecule has 0 radical (unpaired) electrons. The SMILES string of the molecule is CN1C(=O)C2(COc3cc4c(cc32)OCCO4)c2c(-c3cn[nH]c3)cccc21. The molecular formula is C21H17N3O4. The van der Waals surface area contributed by atoms with Gasteiger partial charge >= 0.3 is 0 Å². The third-order valence-corrected chi connectivity index (χ3v) is 5.86. The molecule has 4 heterocycles. The molecule has 0 saturated heterocycles. The van der Waals surface area contributed by atoms with Crippen molar-refractivity contribution in [1.29, 1.82) is 0 Å². The summed E-state index contributed by atoms with van der Waals surface area (Å²) in [6.07, 6.45) is 3.61. The molecule has 1 amide bonds. The number of fused-ring (bicyclic) bond motifs is 5. The largest absolute Gasteiger partial charge is 0.491 e. The first-order valence-corrected chi connectivity index (χ1v) is 9.18. The number of nitrogens with zero attached hydrogens (tertiary/aromatic N) is 2. The van der Waals surface area contributed by atoms with E-state index in [1.807, 2.05) is 43.6 Å². The molecular weight excluding hydrogens is 358 g/mol. The average Bonchev–Trinajstić information content (AvgIpc) is 3.43. The number of rotatable bonds is 1. The summed E-state index contributed by atoms with van der Waals surface area (Å²) in [4.78, 5) is 15.3. The monoisotopic (exact) mass is 375 g/mol. The Kier molecular flexibility index (Phi) is 2.94. The number of benzene rings is 2. The first-order chi connectivity index (χ1) is 13.7. The molecule has 1 atom stereocenters. The van der Waals surface area contributed by atoms with Crippen molar-refractivity contribution in [3.8, 4) is 28.4 Å². The average molecular weight is 375 g/mol. The lowest BCUT2D eigenvalue weighted by Crippen LogP contribution is -2.41. The van der Waals surface area contributed by atoms with Gasteiger partial charge in [-0.15, -0.1) is 0 Å². The van der Waals surface area contributed by atoms with Crippen molar-refractivity contribution in [2.24, 2.45) is 0 Å². The molecule has 0 saturated carbocycles. The molecule has 7 nitrogen and oxygen atoms in total. The van der Waals surface area contributed by atoms with Crippen LogP contribution in [-0.4, -0.2) is 43.0 Å². The molecule has 6 rings (SSSR count). The van der Waals surface area contributed by atoms with Crippen molar-refractivity contribution in [3.63, 3.8) is 0 Å². The zero-order chi connectivity index (χ0) is 18.9. The fourth-order valence-electron chi connectivity index (χ4n) is 4.58. The summed E-state index contributed by atoms with van der Waals surface area (Å²) >= 11 is 0. The Labute approximate surface area is 160 Å². The summed E-state index contributed by atoms with van der Waals surface area (Å²) < 4.78 is 17.5. The van der Waals surface area contributed by atoms with Gasteiger partial charge in [0.1, 0.15) is 31.0 Å². The zero-order valence-corrected chi connectivity index (χ0v) is 15.2. The highest BCUT2D eigenvalue weighted by atomic mass is 16.6. The van der Waals surface area contributed by atoms with E-state index >= 15 is 0 Å². The van der Waals surface area contributed by atoms with Crippen molar-refractivity contribution in [1.82, 2.24) is 10.2 Å². The quantitative estimate of drug-likeness (QED) is 0.707. The normalized spacial score (nSPS) is 21.6. The predicted octanol–water partition coefficient (Wildman–Crippen LogP) is 2.50. The lowest BCUT2D eigenvalue weighted by molar-refractivity contribution is -0.121. The maximum Gasteiger partial charge on any atom is 0.245 e. The number of aromatic amines is 1. The minimum atomic E-state index is -0.914. The summed E-state index contributed by atoms with van der Waals surface area (Å²) in [7, 11) is 1.81. The van der Waals surface area contributed by atoms with E-state index in [2.05, 4.69) is 10.2 Å². The Morgan fingerprint density at radius 2 is 1.93 bits per heavy atom. The second-order valence-electron chi connectivity index (χ2n) is 7.24. The molecule has 3 aliphatic heterocycles.